The van der Waals surface area contributed by atoms with Crippen LogP contribution in [0.2, 0.25) is 0 Å². The average Bonchev–Trinajstić information content (AvgIpc) is 3.65. The van der Waals surface area contributed by atoms with Gasteiger partial charge in [-0.2, -0.15) is 5.10 Å². The molecule has 0 aliphatic carbocycles. The fourth-order valence-corrected chi connectivity index (χ4v) is 4.53. The van der Waals surface area contributed by atoms with Gasteiger partial charge in [-0.05, 0) is 48.4 Å². The van der Waals surface area contributed by atoms with E-state index >= 15 is 0 Å². The summed E-state index contributed by atoms with van der Waals surface area (Å²) in [6.07, 6.45) is 3.34. The number of primary amides is 1. The van der Waals surface area contributed by atoms with Gasteiger partial charge in [0.2, 0.25) is 0 Å². The maximum atomic E-state index is 14.0. The van der Waals surface area contributed by atoms with Gasteiger partial charge in [0.1, 0.15) is 11.6 Å². The van der Waals surface area contributed by atoms with Crippen molar-refractivity contribution < 1.29 is 28.2 Å². The number of nitrogens with two attached hydrogens (primary N) is 1. The number of carbonyl (C=O) groups excluding carboxylic acids is 2. The molecule has 1 fully saturated rings. The van der Waals surface area contributed by atoms with Crippen LogP contribution >= 0.6 is 0 Å². The third-order valence-corrected chi connectivity index (χ3v) is 6.38. The highest BCUT2D eigenvalue weighted by Gasteiger charge is 2.51. The monoisotopic (exact) mass is 531 g/mol. The van der Waals surface area contributed by atoms with Crippen LogP contribution in [0.25, 0.3) is 17.1 Å². The van der Waals surface area contributed by atoms with E-state index in [-0.39, 0.29) is 31.0 Å². The smallest absolute Gasteiger partial charge is 0.280 e. The molecule has 2 aromatic heterocycles. The van der Waals surface area contributed by atoms with E-state index in [1.165, 1.54) is 36.2 Å². The Morgan fingerprint density at radius 1 is 1.13 bits per heavy atom. The molecule has 3 heterocycles. The minimum Gasteiger partial charge on any atom is -0.496 e. The number of hydrogen-bond acceptors (Lipinski definition) is 7. The Labute approximate surface area is 223 Å². The lowest BCUT2D eigenvalue weighted by Crippen LogP contribution is -2.61. The summed E-state index contributed by atoms with van der Waals surface area (Å²) >= 11 is 0. The Balaban J connectivity index is 1.48. The van der Waals surface area contributed by atoms with Gasteiger partial charge < -0.3 is 25.3 Å². The lowest BCUT2D eigenvalue weighted by Gasteiger charge is -2.33. The number of methoxy groups -OCH3 is 1. The molecule has 2 amide bonds. The summed E-state index contributed by atoms with van der Waals surface area (Å²) in [5, 5.41) is 7.39. The van der Waals surface area contributed by atoms with Crippen molar-refractivity contribution in [2.24, 2.45) is 5.73 Å². The first-order chi connectivity index (χ1) is 18.9. The largest absolute Gasteiger partial charge is 0.496 e. The zero-order valence-electron chi connectivity index (χ0n) is 21.0. The minimum absolute atomic E-state index is 0.155. The van der Waals surface area contributed by atoms with E-state index in [1.807, 2.05) is 30.3 Å². The number of halogens is 1. The Hall–Kier alpha value is -4.61. The fraction of sp³-hybridized carbons (Fsp3) is 0.214. The molecule has 11 heteroatoms. The van der Waals surface area contributed by atoms with E-state index < -0.39 is 29.5 Å². The zero-order valence-corrected chi connectivity index (χ0v) is 21.0. The average molecular weight is 532 g/mol. The van der Waals surface area contributed by atoms with Gasteiger partial charge >= 0.3 is 0 Å². The van der Waals surface area contributed by atoms with Gasteiger partial charge in [0.25, 0.3) is 17.6 Å². The van der Waals surface area contributed by atoms with Crippen molar-refractivity contribution in [3.63, 3.8) is 0 Å². The van der Waals surface area contributed by atoms with E-state index in [4.69, 9.17) is 19.9 Å². The van der Waals surface area contributed by atoms with Gasteiger partial charge in [-0.1, -0.05) is 30.3 Å². The maximum Gasteiger partial charge on any atom is 0.280 e. The first-order valence-corrected chi connectivity index (χ1v) is 12.2. The number of amides is 2. The highest BCUT2D eigenvalue weighted by atomic mass is 19.1. The van der Waals surface area contributed by atoms with Crippen LogP contribution in [0.1, 0.15) is 15.9 Å². The molecular weight excluding hydrogens is 505 g/mol. The molecule has 5 rings (SSSR count). The van der Waals surface area contributed by atoms with Gasteiger partial charge in [-0.3, -0.25) is 9.59 Å². The maximum absolute atomic E-state index is 14.0. The molecule has 39 heavy (non-hydrogen) atoms. The third-order valence-electron chi connectivity index (χ3n) is 6.38. The normalized spacial score (nSPS) is 15.0. The number of nitrogens with zero attached hydrogens (tertiary/aromatic N) is 3. The molecule has 0 bridgehead atoms. The molecule has 10 nitrogen and oxygen atoms in total. The predicted octanol–water partition coefficient (Wildman–Crippen LogP) is 2.65. The fourth-order valence-electron chi connectivity index (χ4n) is 4.53. The van der Waals surface area contributed by atoms with Gasteiger partial charge in [0, 0.05) is 18.0 Å². The molecule has 1 atom stereocenters. The quantitative estimate of drug-likeness (QED) is 0.340. The number of hydrogen-bond donors (Lipinski definition) is 2. The molecule has 1 aliphatic heterocycles. The van der Waals surface area contributed by atoms with Crippen molar-refractivity contribution in [1.29, 1.82) is 0 Å². The van der Waals surface area contributed by atoms with Crippen LogP contribution in [0.3, 0.4) is 0 Å². The van der Waals surface area contributed by atoms with Crippen LogP contribution in [0.4, 0.5) is 4.39 Å². The minimum atomic E-state index is -1.83. The van der Waals surface area contributed by atoms with E-state index in [0.29, 0.717) is 17.0 Å². The van der Waals surface area contributed by atoms with E-state index in [2.05, 4.69) is 15.4 Å². The van der Waals surface area contributed by atoms with Crippen molar-refractivity contribution in [2.75, 3.05) is 20.3 Å². The van der Waals surface area contributed by atoms with Crippen LogP contribution in [-0.4, -0.2) is 58.7 Å². The second kappa shape index (κ2) is 11.0. The van der Waals surface area contributed by atoms with Crippen LogP contribution in [0.5, 0.6) is 5.75 Å². The number of rotatable bonds is 9. The highest BCUT2D eigenvalue weighted by Crippen LogP contribution is 2.30. The molecular formula is C28H26FN5O5. The summed E-state index contributed by atoms with van der Waals surface area (Å²) < 4.78 is 32.1. The predicted molar refractivity (Wildman–Crippen MR) is 139 cm³/mol. The van der Waals surface area contributed by atoms with E-state index in [0.717, 1.165) is 5.56 Å². The Morgan fingerprint density at radius 2 is 1.90 bits per heavy atom. The Bertz CT molecular complexity index is 1490. The molecule has 0 saturated carbocycles. The Kier molecular flexibility index (Phi) is 7.35. The van der Waals surface area contributed by atoms with Crippen LogP contribution < -0.4 is 15.8 Å². The molecule has 3 N–H and O–H groups in total. The summed E-state index contributed by atoms with van der Waals surface area (Å²) in [5.41, 5.74) is 7.60. The van der Waals surface area contributed by atoms with Gasteiger partial charge in [-0.25, -0.2) is 14.1 Å². The molecule has 1 aliphatic rings. The van der Waals surface area contributed by atoms with Crippen LogP contribution in [0.15, 0.2) is 79.1 Å². The standard InChI is InChI=1S/C28H26FN5O5/c1-37-23-10-9-19(29)17-21(23)22-11-13-34(33-22)25-20(8-5-12-31-25)26(35)32-24(16-18-6-3-2-4-7-18)28(27(30)36)38-14-15-39-28/h2-13,17,24H,14-16H2,1H3,(H2,30,36)(H,32,35). The summed E-state index contributed by atoms with van der Waals surface area (Å²) in [5.74, 6) is -3.00. The van der Waals surface area contributed by atoms with E-state index in [9.17, 15) is 14.0 Å². The van der Waals surface area contributed by atoms with Crippen molar-refractivity contribution in [2.45, 2.75) is 18.2 Å². The Morgan fingerprint density at radius 3 is 2.62 bits per heavy atom. The summed E-state index contributed by atoms with van der Waals surface area (Å²) in [6.45, 7) is 0.309. The number of ether oxygens (including phenoxy) is 3. The van der Waals surface area contributed by atoms with Crippen LogP contribution in [0, 0.1) is 5.82 Å². The summed E-state index contributed by atoms with van der Waals surface area (Å²) in [4.78, 5) is 30.5. The summed E-state index contributed by atoms with van der Waals surface area (Å²) in [7, 11) is 1.48. The zero-order chi connectivity index (χ0) is 27.4. The summed E-state index contributed by atoms with van der Waals surface area (Å²) in [6, 6.07) is 17.3. The molecule has 4 aromatic rings. The highest BCUT2D eigenvalue weighted by molar-refractivity contribution is 5.98. The number of nitrogens with one attached hydrogen (secondary N) is 1. The number of pyridine rings is 1. The number of aromatic nitrogens is 3. The van der Waals surface area contributed by atoms with Crippen molar-refractivity contribution >= 4 is 11.8 Å². The molecule has 0 spiro atoms. The topological polar surface area (TPSA) is 131 Å². The molecule has 200 valence electrons. The number of benzene rings is 2. The van der Waals surface area contributed by atoms with E-state index in [1.54, 1.807) is 24.4 Å². The first-order valence-electron chi connectivity index (χ1n) is 12.2. The molecule has 2 aromatic carbocycles. The van der Waals surface area contributed by atoms with Crippen molar-refractivity contribution in [3.8, 4) is 22.8 Å². The third kappa shape index (κ3) is 5.22. The van der Waals surface area contributed by atoms with Gasteiger partial charge in [0.05, 0.1) is 37.6 Å². The second-order valence-electron chi connectivity index (χ2n) is 8.81. The van der Waals surface area contributed by atoms with Gasteiger partial charge in [-0.15, -0.1) is 0 Å². The van der Waals surface area contributed by atoms with Crippen molar-refractivity contribution in [1.82, 2.24) is 20.1 Å². The lowest BCUT2D eigenvalue weighted by atomic mass is 9.97. The number of carbonyl (C=O) groups is 2. The van der Waals surface area contributed by atoms with Crippen LogP contribution in [-0.2, 0) is 20.7 Å². The second-order valence-corrected chi connectivity index (χ2v) is 8.81. The van der Waals surface area contributed by atoms with Crippen molar-refractivity contribution in [3.05, 3.63) is 96.1 Å². The van der Waals surface area contributed by atoms with Gasteiger partial charge in [0.15, 0.2) is 5.82 Å². The molecule has 1 saturated heterocycles. The first kappa shape index (κ1) is 26.0. The molecule has 1 unspecified atom stereocenters. The molecule has 0 radical (unpaired) electrons. The lowest BCUT2D eigenvalue weighted by molar-refractivity contribution is -0.189. The SMILES string of the molecule is COc1ccc(F)cc1-c1ccn(-c2ncccc2C(=O)NC(Cc2ccccc2)C2(C(N)=O)OCCO2)n1.